The molecule has 2 aromatic rings. The van der Waals surface area contributed by atoms with Crippen LogP contribution in [0.2, 0.25) is 5.02 Å². The second kappa shape index (κ2) is 5.89. The van der Waals surface area contributed by atoms with Gasteiger partial charge in [0.05, 0.1) is 22.8 Å². The Kier molecular flexibility index (Phi) is 4.23. The quantitative estimate of drug-likeness (QED) is 0.848. The van der Waals surface area contributed by atoms with E-state index in [4.69, 9.17) is 11.6 Å². The molecule has 1 amide bonds. The van der Waals surface area contributed by atoms with Crippen molar-refractivity contribution in [3.8, 4) is 0 Å². The summed E-state index contributed by atoms with van der Waals surface area (Å²) in [6, 6.07) is 10.6. The molecule has 0 aliphatic carbocycles. The summed E-state index contributed by atoms with van der Waals surface area (Å²) in [6.07, 6.45) is 1.68. The molecular formula is C13H11ClN2OS. The summed E-state index contributed by atoms with van der Waals surface area (Å²) in [5, 5.41) is 3.17. The van der Waals surface area contributed by atoms with Gasteiger partial charge in [-0.2, -0.15) is 0 Å². The highest BCUT2D eigenvalue weighted by Crippen LogP contribution is 2.19. The van der Waals surface area contributed by atoms with Crippen molar-refractivity contribution in [1.29, 1.82) is 0 Å². The molecule has 92 valence electrons. The highest BCUT2D eigenvalue weighted by molar-refractivity contribution is 7.80. The molecule has 3 nitrogen and oxygen atoms in total. The van der Waals surface area contributed by atoms with E-state index in [9.17, 15) is 4.79 Å². The summed E-state index contributed by atoms with van der Waals surface area (Å²) in [5.74, 6) is -0.235. The van der Waals surface area contributed by atoms with E-state index in [0.717, 1.165) is 5.69 Å². The fraction of sp³-hybridized carbons (Fsp3) is 0.0769. The van der Waals surface area contributed by atoms with Gasteiger partial charge in [0.15, 0.2) is 0 Å². The van der Waals surface area contributed by atoms with Crippen LogP contribution in [0.1, 0.15) is 16.1 Å². The normalized spacial score (nSPS) is 10.1. The average molecular weight is 279 g/mol. The molecule has 0 saturated heterocycles. The first-order chi connectivity index (χ1) is 8.66. The molecule has 0 spiro atoms. The van der Waals surface area contributed by atoms with Crippen LogP contribution < -0.4 is 5.32 Å². The number of thiol groups is 1. The van der Waals surface area contributed by atoms with Crippen LogP contribution in [0, 0.1) is 0 Å². The molecule has 0 unspecified atom stereocenters. The molecule has 18 heavy (non-hydrogen) atoms. The summed E-state index contributed by atoms with van der Waals surface area (Å²) in [7, 11) is 0. The zero-order chi connectivity index (χ0) is 13.0. The van der Waals surface area contributed by atoms with Crippen LogP contribution in [0.15, 0.2) is 47.5 Å². The van der Waals surface area contributed by atoms with Gasteiger partial charge in [0.1, 0.15) is 0 Å². The third kappa shape index (κ3) is 3.24. The summed E-state index contributed by atoms with van der Waals surface area (Å²) >= 11 is 10.1. The van der Waals surface area contributed by atoms with E-state index in [2.05, 4.69) is 22.9 Å². The highest BCUT2D eigenvalue weighted by atomic mass is 35.5. The number of nitrogens with one attached hydrogen (secondary N) is 1. The lowest BCUT2D eigenvalue weighted by molar-refractivity contribution is 0.0950. The van der Waals surface area contributed by atoms with E-state index in [0.29, 0.717) is 22.0 Å². The van der Waals surface area contributed by atoms with E-state index < -0.39 is 0 Å². The standard InChI is InChI=1S/C13H11ClN2OS/c14-12-5-4-10(18)7-11(12)13(17)16-8-9-3-1-2-6-15-9/h1-7,18H,8H2,(H,16,17). The van der Waals surface area contributed by atoms with Crippen molar-refractivity contribution in [3.63, 3.8) is 0 Å². The van der Waals surface area contributed by atoms with Crippen LogP contribution in [-0.4, -0.2) is 10.9 Å². The predicted molar refractivity (Wildman–Crippen MR) is 74.1 cm³/mol. The Balaban J connectivity index is 2.06. The van der Waals surface area contributed by atoms with Crippen LogP contribution in [0.4, 0.5) is 0 Å². The van der Waals surface area contributed by atoms with Crippen LogP contribution in [0.25, 0.3) is 0 Å². The number of halogens is 1. The molecule has 0 bridgehead atoms. The SMILES string of the molecule is O=C(NCc1ccccn1)c1cc(S)ccc1Cl. The van der Waals surface area contributed by atoms with Crippen molar-refractivity contribution in [1.82, 2.24) is 10.3 Å². The molecule has 5 heteroatoms. The lowest BCUT2D eigenvalue weighted by Crippen LogP contribution is -2.23. The molecule has 0 aliphatic rings. The van der Waals surface area contributed by atoms with E-state index in [-0.39, 0.29) is 5.91 Å². The number of pyridine rings is 1. The van der Waals surface area contributed by atoms with E-state index in [1.54, 1.807) is 24.4 Å². The van der Waals surface area contributed by atoms with Crippen molar-refractivity contribution in [2.24, 2.45) is 0 Å². The molecule has 0 saturated carbocycles. The summed E-state index contributed by atoms with van der Waals surface area (Å²) in [4.78, 5) is 16.8. The van der Waals surface area contributed by atoms with Crippen molar-refractivity contribution in [3.05, 3.63) is 58.9 Å². The number of rotatable bonds is 3. The number of hydrogen-bond acceptors (Lipinski definition) is 3. The molecule has 1 aromatic carbocycles. The van der Waals surface area contributed by atoms with Crippen LogP contribution >= 0.6 is 24.2 Å². The monoisotopic (exact) mass is 278 g/mol. The van der Waals surface area contributed by atoms with Crippen molar-refractivity contribution in [2.45, 2.75) is 11.4 Å². The second-order valence-electron chi connectivity index (χ2n) is 3.67. The number of carbonyl (C=O) groups is 1. The van der Waals surface area contributed by atoms with E-state index in [1.165, 1.54) is 0 Å². The zero-order valence-electron chi connectivity index (χ0n) is 9.43. The molecule has 0 radical (unpaired) electrons. The molecule has 2 rings (SSSR count). The second-order valence-corrected chi connectivity index (χ2v) is 4.59. The van der Waals surface area contributed by atoms with Gasteiger partial charge in [-0.05, 0) is 30.3 Å². The van der Waals surface area contributed by atoms with Crippen LogP contribution in [-0.2, 0) is 6.54 Å². The number of carbonyl (C=O) groups excluding carboxylic acids is 1. The lowest BCUT2D eigenvalue weighted by atomic mass is 10.2. The van der Waals surface area contributed by atoms with Gasteiger partial charge in [0.25, 0.3) is 5.91 Å². The van der Waals surface area contributed by atoms with Gasteiger partial charge in [-0.25, -0.2) is 0 Å². The Morgan fingerprint density at radius 2 is 2.17 bits per heavy atom. The van der Waals surface area contributed by atoms with Crippen molar-refractivity contribution < 1.29 is 4.79 Å². The molecule has 0 aliphatic heterocycles. The first-order valence-corrected chi connectivity index (χ1v) is 6.16. The first kappa shape index (κ1) is 12.9. The Morgan fingerprint density at radius 1 is 1.33 bits per heavy atom. The van der Waals surface area contributed by atoms with E-state index in [1.807, 2.05) is 18.2 Å². The smallest absolute Gasteiger partial charge is 0.253 e. The summed E-state index contributed by atoms with van der Waals surface area (Å²) in [6.45, 7) is 0.368. The minimum absolute atomic E-state index is 0.235. The zero-order valence-corrected chi connectivity index (χ0v) is 11.1. The molecule has 0 fully saturated rings. The average Bonchev–Trinajstić information content (AvgIpc) is 2.40. The first-order valence-electron chi connectivity index (χ1n) is 5.33. The van der Waals surface area contributed by atoms with Gasteiger partial charge in [-0.15, -0.1) is 12.6 Å². The number of nitrogens with zero attached hydrogens (tertiary/aromatic N) is 1. The maximum Gasteiger partial charge on any atom is 0.253 e. The Bertz CT molecular complexity index is 560. The van der Waals surface area contributed by atoms with Gasteiger partial charge < -0.3 is 5.32 Å². The van der Waals surface area contributed by atoms with Gasteiger partial charge in [-0.3, -0.25) is 9.78 Å². The highest BCUT2D eigenvalue weighted by Gasteiger charge is 2.10. The third-order valence-corrected chi connectivity index (χ3v) is 2.96. The van der Waals surface area contributed by atoms with E-state index >= 15 is 0 Å². The van der Waals surface area contributed by atoms with Crippen molar-refractivity contribution >= 4 is 30.1 Å². The Hall–Kier alpha value is -1.52. The largest absolute Gasteiger partial charge is 0.346 e. The summed E-state index contributed by atoms with van der Waals surface area (Å²) in [5.41, 5.74) is 1.21. The number of amides is 1. The molecular weight excluding hydrogens is 268 g/mol. The van der Waals surface area contributed by atoms with Gasteiger partial charge >= 0.3 is 0 Å². The molecule has 0 atom stereocenters. The lowest BCUT2D eigenvalue weighted by Gasteiger charge is -2.07. The predicted octanol–water partition coefficient (Wildman–Crippen LogP) is 2.95. The molecule has 1 aromatic heterocycles. The number of aromatic nitrogens is 1. The summed E-state index contributed by atoms with van der Waals surface area (Å²) < 4.78 is 0. The Labute approximate surface area is 116 Å². The molecule has 1 heterocycles. The fourth-order valence-electron chi connectivity index (χ4n) is 1.46. The molecule has 1 N–H and O–H groups in total. The third-order valence-electron chi connectivity index (χ3n) is 2.35. The van der Waals surface area contributed by atoms with Gasteiger partial charge in [-0.1, -0.05) is 17.7 Å². The fourth-order valence-corrected chi connectivity index (χ4v) is 1.86. The minimum Gasteiger partial charge on any atom is -0.346 e. The maximum atomic E-state index is 11.9. The Morgan fingerprint density at radius 3 is 2.89 bits per heavy atom. The van der Waals surface area contributed by atoms with Gasteiger partial charge in [0.2, 0.25) is 0 Å². The maximum absolute atomic E-state index is 11.9. The number of hydrogen-bond donors (Lipinski definition) is 2. The topological polar surface area (TPSA) is 42.0 Å². The van der Waals surface area contributed by atoms with Crippen LogP contribution in [0.5, 0.6) is 0 Å². The van der Waals surface area contributed by atoms with Crippen LogP contribution in [0.3, 0.4) is 0 Å². The number of benzene rings is 1. The van der Waals surface area contributed by atoms with Gasteiger partial charge in [0, 0.05) is 11.1 Å². The van der Waals surface area contributed by atoms with Crippen molar-refractivity contribution in [2.75, 3.05) is 0 Å². The minimum atomic E-state index is -0.235.